The molecule has 0 saturated heterocycles. The number of aryl methyl sites for hydroxylation is 2. The highest BCUT2D eigenvalue weighted by Crippen LogP contribution is 2.11. The van der Waals surface area contributed by atoms with Crippen LogP contribution >= 0.6 is 0 Å². The third-order valence-electron chi connectivity index (χ3n) is 3.69. The Morgan fingerprint density at radius 2 is 1.91 bits per heavy atom. The molecule has 1 N–H and O–H groups in total. The summed E-state index contributed by atoms with van der Waals surface area (Å²) in [6, 6.07) is 12.1. The first kappa shape index (κ1) is 16.1. The predicted molar refractivity (Wildman–Crippen MR) is 87.8 cm³/mol. The van der Waals surface area contributed by atoms with Crippen LogP contribution in [0.1, 0.15) is 40.9 Å². The number of hydrogen-bond acceptors (Lipinski definition) is 3. The Balaban J connectivity index is 1.93. The molecule has 4 nitrogen and oxygen atoms in total. The Labute approximate surface area is 132 Å². The maximum absolute atomic E-state index is 12.2. The second-order valence-electron chi connectivity index (χ2n) is 5.62. The lowest BCUT2D eigenvalue weighted by molar-refractivity contribution is 0.0941. The van der Waals surface area contributed by atoms with Gasteiger partial charge in [0.1, 0.15) is 11.5 Å². The number of nitrogens with zero attached hydrogens (tertiary/aromatic N) is 2. The van der Waals surface area contributed by atoms with E-state index in [4.69, 9.17) is 0 Å². The maximum Gasteiger partial charge on any atom is 0.270 e. The predicted octanol–water partition coefficient (Wildman–Crippen LogP) is 3.09. The Hall–Kier alpha value is -2.23. The standard InChI is InChI=1S/C18H23N3O/c1-4-15(11-16-8-6-5-7-9-16)12-19-18(22)17-10-13(2)20-14(3)21-17/h5-10,15H,4,11-12H2,1-3H3,(H,19,22). The Morgan fingerprint density at radius 1 is 1.18 bits per heavy atom. The SMILES string of the molecule is CCC(CNC(=O)c1cc(C)nc(C)n1)Cc1ccccc1. The molecule has 1 aromatic heterocycles. The fraction of sp³-hybridized carbons (Fsp3) is 0.389. The van der Waals surface area contributed by atoms with Gasteiger partial charge in [-0.05, 0) is 37.8 Å². The van der Waals surface area contributed by atoms with Gasteiger partial charge < -0.3 is 5.32 Å². The molecule has 0 radical (unpaired) electrons. The van der Waals surface area contributed by atoms with Crippen molar-refractivity contribution in [1.82, 2.24) is 15.3 Å². The molecule has 1 heterocycles. The van der Waals surface area contributed by atoms with Gasteiger partial charge in [-0.25, -0.2) is 9.97 Å². The van der Waals surface area contributed by atoms with E-state index in [9.17, 15) is 4.79 Å². The fourth-order valence-electron chi connectivity index (χ4n) is 2.47. The maximum atomic E-state index is 12.2. The lowest BCUT2D eigenvalue weighted by Gasteiger charge is -2.16. The quantitative estimate of drug-likeness (QED) is 0.891. The average Bonchev–Trinajstić information content (AvgIpc) is 2.51. The molecule has 0 aliphatic carbocycles. The van der Waals surface area contributed by atoms with Crippen molar-refractivity contribution in [2.24, 2.45) is 5.92 Å². The summed E-state index contributed by atoms with van der Waals surface area (Å²) < 4.78 is 0. The van der Waals surface area contributed by atoms with Crippen molar-refractivity contribution < 1.29 is 4.79 Å². The fourth-order valence-corrected chi connectivity index (χ4v) is 2.47. The van der Waals surface area contributed by atoms with Gasteiger partial charge in [0.05, 0.1) is 0 Å². The zero-order valence-electron chi connectivity index (χ0n) is 13.5. The summed E-state index contributed by atoms with van der Waals surface area (Å²) >= 11 is 0. The van der Waals surface area contributed by atoms with E-state index in [0.717, 1.165) is 18.5 Å². The minimum atomic E-state index is -0.125. The molecule has 22 heavy (non-hydrogen) atoms. The summed E-state index contributed by atoms with van der Waals surface area (Å²) in [7, 11) is 0. The van der Waals surface area contributed by atoms with Crippen LogP contribution in [0.25, 0.3) is 0 Å². The number of carbonyl (C=O) groups excluding carboxylic acids is 1. The molecule has 2 aromatic rings. The highest BCUT2D eigenvalue weighted by Gasteiger charge is 2.12. The molecule has 1 atom stereocenters. The van der Waals surface area contributed by atoms with Crippen LogP contribution in [0, 0.1) is 19.8 Å². The monoisotopic (exact) mass is 297 g/mol. The third kappa shape index (κ3) is 4.65. The molecule has 116 valence electrons. The summed E-state index contributed by atoms with van der Waals surface area (Å²) in [5.74, 6) is 0.928. The molecule has 1 unspecified atom stereocenters. The summed E-state index contributed by atoms with van der Waals surface area (Å²) in [5, 5.41) is 3.00. The van der Waals surface area contributed by atoms with Crippen molar-refractivity contribution >= 4 is 5.91 Å². The Morgan fingerprint density at radius 3 is 2.55 bits per heavy atom. The van der Waals surface area contributed by atoms with Crippen LogP contribution in [0.3, 0.4) is 0 Å². The molecule has 0 aliphatic heterocycles. The van der Waals surface area contributed by atoms with Gasteiger partial charge in [0.2, 0.25) is 0 Å². The zero-order chi connectivity index (χ0) is 15.9. The van der Waals surface area contributed by atoms with Crippen LogP contribution in [0.5, 0.6) is 0 Å². The molecule has 0 saturated carbocycles. The van der Waals surface area contributed by atoms with E-state index < -0.39 is 0 Å². The van der Waals surface area contributed by atoms with E-state index in [0.29, 0.717) is 24.0 Å². The van der Waals surface area contributed by atoms with Crippen LogP contribution in [0.2, 0.25) is 0 Å². The number of carbonyl (C=O) groups is 1. The Bertz CT molecular complexity index is 605. The second-order valence-corrected chi connectivity index (χ2v) is 5.62. The molecule has 0 aliphatic rings. The van der Waals surface area contributed by atoms with Crippen molar-refractivity contribution in [3.8, 4) is 0 Å². The molecule has 2 rings (SSSR count). The number of hydrogen-bond donors (Lipinski definition) is 1. The van der Waals surface area contributed by atoms with Crippen molar-refractivity contribution in [3.63, 3.8) is 0 Å². The van der Waals surface area contributed by atoms with Crippen LogP contribution in [0.4, 0.5) is 0 Å². The summed E-state index contributed by atoms with van der Waals surface area (Å²) in [6.07, 6.45) is 2.00. The minimum absolute atomic E-state index is 0.125. The molecule has 0 spiro atoms. The number of amides is 1. The van der Waals surface area contributed by atoms with Crippen molar-refractivity contribution in [1.29, 1.82) is 0 Å². The molecule has 0 bridgehead atoms. The van der Waals surface area contributed by atoms with E-state index in [1.807, 2.05) is 25.1 Å². The van der Waals surface area contributed by atoms with Crippen LogP contribution in [-0.2, 0) is 6.42 Å². The summed E-state index contributed by atoms with van der Waals surface area (Å²) in [6.45, 7) is 6.48. The topological polar surface area (TPSA) is 54.9 Å². The lowest BCUT2D eigenvalue weighted by atomic mass is 9.97. The molecule has 1 amide bonds. The first-order chi connectivity index (χ1) is 10.6. The normalized spacial score (nSPS) is 12.0. The van der Waals surface area contributed by atoms with Gasteiger partial charge in [-0.15, -0.1) is 0 Å². The zero-order valence-corrected chi connectivity index (χ0v) is 13.5. The van der Waals surface area contributed by atoms with Crippen molar-refractivity contribution in [2.75, 3.05) is 6.54 Å². The van der Waals surface area contributed by atoms with E-state index in [1.165, 1.54) is 5.56 Å². The largest absolute Gasteiger partial charge is 0.350 e. The average molecular weight is 297 g/mol. The second kappa shape index (κ2) is 7.69. The van der Waals surface area contributed by atoms with Gasteiger partial charge in [-0.3, -0.25) is 4.79 Å². The van der Waals surface area contributed by atoms with Gasteiger partial charge in [0.15, 0.2) is 0 Å². The smallest absolute Gasteiger partial charge is 0.270 e. The van der Waals surface area contributed by atoms with Gasteiger partial charge in [-0.1, -0.05) is 43.7 Å². The number of nitrogens with one attached hydrogen (secondary N) is 1. The molecule has 0 fully saturated rings. The Kier molecular flexibility index (Phi) is 5.64. The molecule has 4 heteroatoms. The van der Waals surface area contributed by atoms with E-state index in [-0.39, 0.29) is 5.91 Å². The van der Waals surface area contributed by atoms with Crippen LogP contribution in [-0.4, -0.2) is 22.4 Å². The van der Waals surface area contributed by atoms with Gasteiger partial charge in [0, 0.05) is 12.2 Å². The van der Waals surface area contributed by atoms with E-state index in [1.54, 1.807) is 13.0 Å². The summed E-state index contributed by atoms with van der Waals surface area (Å²) in [4.78, 5) is 20.6. The number of rotatable bonds is 6. The number of aromatic nitrogens is 2. The third-order valence-corrected chi connectivity index (χ3v) is 3.69. The lowest BCUT2D eigenvalue weighted by Crippen LogP contribution is -2.31. The highest BCUT2D eigenvalue weighted by molar-refractivity contribution is 5.92. The van der Waals surface area contributed by atoms with E-state index >= 15 is 0 Å². The first-order valence-corrected chi connectivity index (χ1v) is 7.73. The minimum Gasteiger partial charge on any atom is -0.350 e. The van der Waals surface area contributed by atoms with Crippen molar-refractivity contribution in [3.05, 3.63) is 59.2 Å². The molecule has 1 aromatic carbocycles. The highest BCUT2D eigenvalue weighted by atomic mass is 16.1. The van der Waals surface area contributed by atoms with Crippen LogP contribution < -0.4 is 5.32 Å². The first-order valence-electron chi connectivity index (χ1n) is 7.73. The summed E-state index contributed by atoms with van der Waals surface area (Å²) in [5.41, 5.74) is 2.56. The van der Waals surface area contributed by atoms with Gasteiger partial charge in [0.25, 0.3) is 5.91 Å². The number of benzene rings is 1. The molecular formula is C18H23N3O. The van der Waals surface area contributed by atoms with Gasteiger partial charge >= 0.3 is 0 Å². The van der Waals surface area contributed by atoms with Crippen LogP contribution in [0.15, 0.2) is 36.4 Å². The molecular weight excluding hydrogens is 274 g/mol. The van der Waals surface area contributed by atoms with Crippen molar-refractivity contribution in [2.45, 2.75) is 33.6 Å². The van der Waals surface area contributed by atoms with E-state index in [2.05, 4.69) is 34.3 Å². The van der Waals surface area contributed by atoms with Gasteiger partial charge in [-0.2, -0.15) is 0 Å².